The molecular weight excluding hydrogens is 198 g/mol. The molecule has 0 radical (unpaired) electrons. The van der Waals surface area contributed by atoms with Gasteiger partial charge in [-0.2, -0.15) is 0 Å². The number of nitrogens with one attached hydrogen (secondary N) is 1. The van der Waals surface area contributed by atoms with Crippen molar-refractivity contribution in [2.45, 2.75) is 19.4 Å². The SMILES string of the molecule is COCC(CCO)NCC(C)=CC(=O)O. The van der Waals surface area contributed by atoms with Gasteiger partial charge in [0.2, 0.25) is 0 Å². The van der Waals surface area contributed by atoms with Crippen LogP contribution in [0.15, 0.2) is 11.6 Å². The van der Waals surface area contributed by atoms with Crippen LogP contribution in [-0.4, -0.2) is 49.1 Å². The van der Waals surface area contributed by atoms with Gasteiger partial charge in [-0.15, -0.1) is 0 Å². The van der Waals surface area contributed by atoms with Crippen molar-refractivity contribution >= 4 is 5.97 Å². The maximum Gasteiger partial charge on any atom is 0.328 e. The molecule has 5 nitrogen and oxygen atoms in total. The number of carbonyl (C=O) groups is 1. The second-order valence-corrected chi connectivity index (χ2v) is 3.37. The van der Waals surface area contributed by atoms with Crippen molar-refractivity contribution in [3.05, 3.63) is 11.6 Å². The number of aliphatic hydroxyl groups excluding tert-OH is 1. The van der Waals surface area contributed by atoms with Gasteiger partial charge >= 0.3 is 5.97 Å². The zero-order chi connectivity index (χ0) is 11.7. The van der Waals surface area contributed by atoms with Crippen molar-refractivity contribution in [3.63, 3.8) is 0 Å². The van der Waals surface area contributed by atoms with Crippen molar-refractivity contribution in [1.82, 2.24) is 5.32 Å². The van der Waals surface area contributed by atoms with Gasteiger partial charge in [0, 0.05) is 32.4 Å². The normalized spacial score (nSPS) is 13.9. The fourth-order valence-corrected chi connectivity index (χ4v) is 1.17. The molecule has 0 aromatic carbocycles. The summed E-state index contributed by atoms with van der Waals surface area (Å²) in [6.45, 7) is 2.81. The van der Waals surface area contributed by atoms with Crippen LogP contribution in [-0.2, 0) is 9.53 Å². The van der Waals surface area contributed by atoms with E-state index in [4.69, 9.17) is 14.9 Å². The number of carboxylic acid groups (broad SMARTS) is 1. The molecule has 0 aliphatic carbocycles. The molecule has 1 atom stereocenters. The minimum Gasteiger partial charge on any atom is -0.478 e. The standard InChI is InChI=1S/C10H19NO4/c1-8(5-10(13)14)6-11-9(3-4-12)7-15-2/h5,9,11-12H,3-4,6-7H2,1-2H3,(H,13,14). The van der Waals surface area contributed by atoms with Gasteiger partial charge in [0.25, 0.3) is 0 Å². The minimum atomic E-state index is -0.945. The third-order valence-corrected chi connectivity index (χ3v) is 1.88. The van der Waals surface area contributed by atoms with E-state index in [9.17, 15) is 4.79 Å². The molecule has 0 aliphatic rings. The Morgan fingerprint density at radius 1 is 1.60 bits per heavy atom. The summed E-state index contributed by atoms with van der Waals surface area (Å²) in [7, 11) is 1.59. The Hall–Kier alpha value is -0.910. The summed E-state index contributed by atoms with van der Waals surface area (Å²) in [6.07, 6.45) is 1.75. The number of aliphatic hydroxyl groups is 1. The van der Waals surface area contributed by atoms with Gasteiger partial charge < -0.3 is 20.3 Å². The number of hydrogen-bond acceptors (Lipinski definition) is 4. The lowest BCUT2D eigenvalue weighted by atomic mass is 10.2. The van der Waals surface area contributed by atoms with Gasteiger partial charge in [-0.1, -0.05) is 5.57 Å². The van der Waals surface area contributed by atoms with Crippen molar-refractivity contribution < 1.29 is 19.7 Å². The van der Waals surface area contributed by atoms with Crippen LogP contribution in [0.5, 0.6) is 0 Å². The second-order valence-electron chi connectivity index (χ2n) is 3.37. The monoisotopic (exact) mass is 217 g/mol. The van der Waals surface area contributed by atoms with Crippen LogP contribution in [0.1, 0.15) is 13.3 Å². The maximum absolute atomic E-state index is 10.3. The van der Waals surface area contributed by atoms with Gasteiger partial charge in [0.15, 0.2) is 0 Å². The topological polar surface area (TPSA) is 78.8 Å². The summed E-state index contributed by atoms with van der Waals surface area (Å²) >= 11 is 0. The largest absolute Gasteiger partial charge is 0.478 e. The number of methoxy groups -OCH3 is 1. The molecule has 1 unspecified atom stereocenters. The molecule has 15 heavy (non-hydrogen) atoms. The van der Waals surface area contributed by atoms with E-state index in [1.807, 2.05) is 0 Å². The molecule has 0 aromatic rings. The molecule has 0 spiro atoms. The number of aliphatic carboxylic acids is 1. The average Bonchev–Trinajstić information content (AvgIpc) is 2.14. The van der Waals surface area contributed by atoms with Gasteiger partial charge in [0.1, 0.15) is 0 Å². The second kappa shape index (κ2) is 8.40. The van der Waals surface area contributed by atoms with Crippen molar-refractivity contribution in [2.75, 3.05) is 26.9 Å². The highest BCUT2D eigenvalue weighted by Gasteiger charge is 2.06. The number of hydrogen-bond donors (Lipinski definition) is 3. The highest BCUT2D eigenvalue weighted by atomic mass is 16.5. The van der Waals surface area contributed by atoms with Crippen LogP contribution in [0.2, 0.25) is 0 Å². The molecule has 0 amide bonds. The number of carboxylic acids is 1. The first-order valence-corrected chi connectivity index (χ1v) is 4.83. The Kier molecular flexibility index (Phi) is 7.89. The zero-order valence-corrected chi connectivity index (χ0v) is 9.19. The maximum atomic E-state index is 10.3. The summed E-state index contributed by atoms with van der Waals surface area (Å²) < 4.78 is 4.96. The Morgan fingerprint density at radius 2 is 2.27 bits per heavy atom. The van der Waals surface area contributed by atoms with Gasteiger partial charge in [0.05, 0.1) is 6.61 Å². The smallest absolute Gasteiger partial charge is 0.328 e. The van der Waals surface area contributed by atoms with E-state index in [0.29, 0.717) is 19.6 Å². The van der Waals surface area contributed by atoms with Crippen molar-refractivity contribution in [3.8, 4) is 0 Å². The average molecular weight is 217 g/mol. The summed E-state index contributed by atoms with van der Waals surface area (Å²) in [6, 6.07) is 0.0529. The fraction of sp³-hybridized carbons (Fsp3) is 0.700. The highest BCUT2D eigenvalue weighted by Crippen LogP contribution is 1.95. The minimum absolute atomic E-state index is 0.0529. The van der Waals surface area contributed by atoms with E-state index in [0.717, 1.165) is 11.6 Å². The molecule has 0 saturated carbocycles. The van der Waals surface area contributed by atoms with Crippen LogP contribution in [0.4, 0.5) is 0 Å². The molecule has 0 heterocycles. The fourth-order valence-electron chi connectivity index (χ4n) is 1.17. The van der Waals surface area contributed by atoms with E-state index in [-0.39, 0.29) is 12.6 Å². The predicted molar refractivity (Wildman–Crippen MR) is 56.8 cm³/mol. The van der Waals surface area contributed by atoms with Crippen LogP contribution in [0, 0.1) is 0 Å². The number of ether oxygens (including phenoxy) is 1. The van der Waals surface area contributed by atoms with E-state index in [1.54, 1.807) is 14.0 Å². The first kappa shape index (κ1) is 14.1. The lowest BCUT2D eigenvalue weighted by molar-refractivity contribution is -0.131. The molecule has 88 valence electrons. The molecule has 0 bridgehead atoms. The lowest BCUT2D eigenvalue weighted by Crippen LogP contribution is -2.35. The third-order valence-electron chi connectivity index (χ3n) is 1.88. The van der Waals surface area contributed by atoms with Gasteiger partial charge in [-0.25, -0.2) is 4.79 Å². The summed E-state index contributed by atoms with van der Waals surface area (Å²) in [5.74, 6) is -0.945. The predicted octanol–water partition coefficient (Wildman–Crippen LogP) is 0.00430. The van der Waals surface area contributed by atoms with Crippen LogP contribution in [0.3, 0.4) is 0 Å². The molecule has 0 rings (SSSR count). The quantitative estimate of drug-likeness (QED) is 0.499. The Labute approximate surface area is 89.7 Å². The third kappa shape index (κ3) is 8.11. The molecule has 0 aliphatic heterocycles. The summed E-state index contributed by atoms with van der Waals surface area (Å²) in [5, 5.41) is 20.4. The molecule has 3 N–H and O–H groups in total. The Bertz CT molecular complexity index is 209. The molecule has 0 aromatic heterocycles. The van der Waals surface area contributed by atoms with Crippen molar-refractivity contribution in [1.29, 1.82) is 0 Å². The number of rotatable bonds is 8. The first-order chi connectivity index (χ1) is 7.10. The van der Waals surface area contributed by atoms with Crippen LogP contribution >= 0.6 is 0 Å². The van der Waals surface area contributed by atoms with E-state index in [1.165, 1.54) is 0 Å². The lowest BCUT2D eigenvalue weighted by Gasteiger charge is -2.16. The first-order valence-electron chi connectivity index (χ1n) is 4.83. The van der Waals surface area contributed by atoms with E-state index >= 15 is 0 Å². The van der Waals surface area contributed by atoms with Crippen molar-refractivity contribution in [2.24, 2.45) is 0 Å². The van der Waals surface area contributed by atoms with E-state index in [2.05, 4.69) is 5.32 Å². The summed E-state index contributed by atoms with van der Waals surface area (Å²) in [5.41, 5.74) is 0.738. The molecular formula is C10H19NO4. The highest BCUT2D eigenvalue weighted by molar-refractivity contribution is 5.80. The summed E-state index contributed by atoms with van der Waals surface area (Å²) in [4.78, 5) is 10.3. The Balaban J connectivity index is 3.92. The van der Waals surface area contributed by atoms with E-state index < -0.39 is 5.97 Å². The molecule has 5 heteroatoms. The zero-order valence-electron chi connectivity index (χ0n) is 9.19. The molecule has 0 saturated heterocycles. The van der Waals surface area contributed by atoms with Gasteiger partial charge in [-0.3, -0.25) is 0 Å². The van der Waals surface area contributed by atoms with Crippen LogP contribution < -0.4 is 5.32 Å². The molecule has 0 fully saturated rings. The Morgan fingerprint density at radius 3 is 2.73 bits per heavy atom. The van der Waals surface area contributed by atoms with Gasteiger partial charge in [-0.05, 0) is 13.3 Å². The van der Waals surface area contributed by atoms with Crippen LogP contribution in [0.25, 0.3) is 0 Å².